The monoisotopic (exact) mass is 384 g/mol. The second-order valence-corrected chi connectivity index (χ2v) is 8.68. The van der Waals surface area contributed by atoms with Crippen LogP contribution in [-0.4, -0.2) is 64.0 Å². The number of nitrogens with zero attached hydrogens (tertiary/aromatic N) is 1. The summed E-state index contributed by atoms with van der Waals surface area (Å²) in [5, 5.41) is 5.75. The van der Waals surface area contributed by atoms with Gasteiger partial charge in [0.05, 0.1) is 24.1 Å². The fraction of sp³-hybridized carbons (Fsp3) is 0.588. The summed E-state index contributed by atoms with van der Waals surface area (Å²) in [6, 6.07) is 4.92. The SMILES string of the molecule is CO[C@@H]1CN(C(C)C)C[C@H]1NC(=O)Nc1cc(NS(C)(=O)=O)ccc1C. The highest BCUT2D eigenvalue weighted by Gasteiger charge is 2.35. The molecule has 2 rings (SSSR count). The molecule has 1 aromatic rings. The minimum Gasteiger partial charge on any atom is -0.378 e. The maximum absolute atomic E-state index is 12.4. The van der Waals surface area contributed by atoms with Gasteiger partial charge in [-0.2, -0.15) is 0 Å². The zero-order valence-electron chi connectivity index (χ0n) is 15.9. The van der Waals surface area contributed by atoms with Gasteiger partial charge in [-0.05, 0) is 38.5 Å². The van der Waals surface area contributed by atoms with Crippen LogP contribution in [0.15, 0.2) is 18.2 Å². The van der Waals surface area contributed by atoms with Crippen LogP contribution in [-0.2, 0) is 14.8 Å². The van der Waals surface area contributed by atoms with E-state index in [0.717, 1.165) is 24.9 Å². The third-order valence-electron chi connectivity index (χ3n) is 4.43. The van der Waals surface area contributed by atoms with Crippen molar-refractivity contribution in [1.82, 2.24) is 10.2 Å². The molecule has 26 heavy (non-hydrogen) atoms. The van der Waals surface area contributed by atoms with Gasteiger partial charge in [-0.15, -0.1) is 0 Å². The van der Waals surface area contributed by atoms with Crippen LogP contribution in [0.4, 0.5) is 16.2 Å². The fourth-order valence-electron chi connectivity index (χ4n) is 2.96. The van der Waals surface area contributed by atoms with Gasteiger partial charge in [-0.3, -0.25) is 9.62 Å². The molecule has 1 aliphatic heterocycles. The maximum atomic E-state index is 12.4. The predicted molar refractivity (Wildman–Crippen MR) is 103 cm³/mol. The molecule has 8 nitrogen and oxygen atoms in total. The Hall–Kier alpha value is -1.84. The van der Waals surface area contributed by atoms with Crippen LogP contribution < -0.4 is 15.4 Å². The smallest absolute Gasteiger partial charge is 0.319 e. The largest absolute Gasteiger partial charge is 0.378 e. The minimum absolute atomic E-state index is 0.0671. The molecule has 0 saturated carbocycles. The molecule has 0 radical (unpaired) electrons. The van der Waals surface area contributed by atoms with Crippen molar-refractivity contribution in [3.63, 3.8) is 0 Å². The van der Waals surface area contributed by atoms with Crippen LogP contribution in [0.5, 0.6) is 0 Å². The van der Waals surface area contributed by atoms with Crippen molar-refractivity contribution in [1.29, 1.82) is 0 Å². The lowest BCUT2D eigenvalue weighted by Gasteiger charge is -2.20. The Morgan fingerprint density at radius 3 is 2.58 bits per heavy atom. The number of methoxy groups -OCH3 is 1. The molecular formula is C17H28N4O4S. The van der Waals surface area contributed by atoms with Gasteiger partial charge in [0.25, 0.3) is 0 Å². The van der Waals surface area contributed by atoms with Gasteiger partial charge in [-0.25, -0.2) is 13.2 Å². The van der Waals surface area contributed by atoms with Crippen molar-refractivity contribution in [2.24, 2.45) is 0 Å². The van der Waals surface area contributed by atoms with Crippen molar-refractivity contribution < 1.29 is 17.9 Å². The maximum Gasteiger partial charge on any atom is 0.319 e. The Balaban J connectivity index is 2.04. The summed E-state index contributed by atoms with van der Waals surface area (Å²) >= 11 is 0. The number of nitrogens with one attached hydrogen (secondary N) is 3. The molecule has 0 bridgehead atoms. The summed E-state index contributed by atoms with van der Waals surface area (Å²) in [4.78, 5) is 14.7. The van der Waals surface area contributed by atoms with Gasteiger partial charge >= 0.3 is 6.03 Å². The summed E-state index contributed by atoms with van der Waals surface area (Å²) in [6.07, 6.45) is 1.01. The number of hydrogen-bond donors (Lipinski definition) is 3. The molecule has 1 aliphatic rings. The van der Waals surface area contributed by atoms with Crippen molar-refractivity contribution in [3.05, 3.63) is 23.8 Å². The van der Waals surface area contributed by atoms with E-state index in [1.807, 2.05) is 6.92 Å². The van der Waals surface area contributed by atoms with E-state index in [9.17, 15) is 13.2 Å². The van der Waals surface area contributed by atoms with Crippen molar-refractivity contribution >= 4 is 27.4 Å². The zero-order chi connectivity index (χ0) is 19.5. The Morgan fingerprint density at radius 2 is 2.00 bits per heavy atom. The van der Waals surface area contributed by atoms with E-state index in [0.29, 0.717) is 17.4 Å². The van der Waals surface area contributed by atoms with Crippen LogP contribution in [0, 0.1) is 6.92 Å². The number of benzene rings is 1. The van der Waals surface area contributed by atoms with Gasteiger partial charge in [-0.1, -0.05) is 6.07 Å². The second kappa shape index (κ2) is 8.24. The topological polar surface area (TPSA) is 99.8 Å². The number of urea groups is 1. The summed E-state index contributed by atoms with van der Waals surface area (Å²) < 4.78 is 30.6. The fourth-order valence-corrected chi connectivity index (χ4v) is 3.52. The highest BCUT2D eigenvalue weighted by atomic mass is 32.2. The average molecular weight is 385 g/mol. The van der Waals surface area contributed by atoms with Gasteiger partial charge in [0.2, 0.25) is 10.0 Å². The molecule has 1 aromatic carbocycles. The minimum atomic E-state index is -3.38. The molecule has 1 heterocycles. The number of anilines is 2. The van der Waals surface area contributed by atoms with Crippen LogP contribution >= 0.6 is 0 Å². The first-order chi connectivity index (χ1) is 12.1. The molecule has 3 N–H and O–H groups in total. The highest BCUT2D eigenvalue weighted by Crippen LogP contribution is 2.21. The zero-order valence-corrected chi connectivity index (χ0v) is 16.7. The number of carbonyl (C=O) groups is 1. The van der Waals surface area contributed by atoms with Gasteiger partial charge < -0.3 is 15.4 Å². The van der Waals surface area contributed by atoms with Crippen LogP contribution in [0.3, 0.4) is 0 Å². The summed E-state index contributed by atoms with van der Waals surface area (Å²) in [5.74, 6) is 0. The van der Waals surface area contributed by atoms with Crippen LogP contribution in [0.1, 0.15) is 19.4 Å². The molecule has 0 aromatic heterocycles. The van der Waals surface area contributed by atoms with E-state index in [1.54, 1.807) is 25.3 Å². The third-order valence-corrected chi connectivity index (χ3v) is 5.04. The van der Waals surface area contributed by atoms with Crippen molar-refractivity contribution in [3.8, 4) is 0 Å². The third kappa shape index (κ3) is 5.58. The summed E-state index contributed by atoms with van der Waals surface area (Å²) in [7, 11) is -1.73. The number of amides is 2. The number of rotatable bonds is 6. The average Bonchev–Trinajstić information content (AvgIpc) is 2.92. The lowest BCUT2D eigenvalue weighted by atomic mass is 10.2. The molecule has 0 aliphatic carbocycles. The van der Waals surface area contributed by atoms with Gasteiger partial charge in [0.15, 0.2) is 0 Å². The predicted octanol–water partition coefficient (Wildman–Crippen LogP) is 1.60. The first kappa shape index (κ1) is 20.5. The molecule has 2 amide bonds. The normalized spacial score (nSPS) is 21.0. The Kier molecular flexibility index (Phi) is 6.48. The molecule has 1 fully saturated rings. The Bertz CT molecular complexity index is 751. The molecule has 0 spiro atoms. The lowest BCUT2D eigenvalue weighted by molar-refractivity contribution is 0.0896. The van der Waals surface area contributed by atoms with Gasteiger partial charge in [0, 0.05) is 31.9 Å². The molecular weight excluding hydrogens is 356 g/mol. The van der Waals surface area contributed by atoms with E-state index in [-0.39, 0.29) is 18.2 Å². The molecule has 146 valence electrons. The lowest BCUT2D eigenvalue weighted by Crippen LogP contribution is -2.45. The summed E-state index contributed by atoms with van der Waals surface area (Å²) in [5.41, 5.74) is 1.77. The number of hydrogen-bond acceptors (Lipinski definition) is 5. The Labute approximate surface area is 155 Å². The van der Waals surface area contributed by atoms with E-state index < -0.39 is 10.0 Å². The molecule has 1 saturated heterocycles. The number of aryl methyl sites for hydroxylation is 1. The number of likely N-dealkylation sites (tertiary alicyclic amines) is 1. The quantitative estimate of drug-likeness (QED) is 0.692. The number of carbonyl (C=O) groups excluding carboxylic acids is 1. The van der Waals surface area contributed by atoms with E-state index in [1.165, 1.54) is 0 Å². The number of ether oxygens (including phenoxy) is 1. The molecule has 9 heteroatoms. The number of sulfonamides is 1. The standard InChI is InChI=1S/C17H28N4O4S/c1-11(2)21-9-15(16(10-21)25-4)19-17(22)18-14-8-13(7-6-12(14)3)20-26(5,23)24/h6-8,11,15-16,20H,9-10H2,1-5H3,(H2,18,19,22)/t15-,16-/m1/s1. The van der Waals surface area contributed by atoms with E-state index >= 15 is 0 Å². The van der Waals surface area contributed by atoms with E-state index in [4.69, 9.17) is 4.74 Å². The van der Waals surface area contributed by atoms with Gasteiger partial charge in [0.1, 0.15) is 0 Å². The molecule has 2 atom stereocenters. The highest BCUT2D eigenvalue weighted by molar-refractivity contribution is 7.92. The summed E-state index contributed by atoms with van der Waals surface area (Å²) in [6.45, 7) is 7.55. The Morgan fingerprint density at radius 1 is 1.31 bits per heavy atom. The first-order valence-corrected chi connectivity index (χ1v) is 10.4. The van der Waals surface area contributed by atoms with E-state index in [2.05, 4.69) is 34.1 Å². The second-order valence-electron chi connectivity index (χ2n) is 6.93. The molecule has 0 unspecified atom stereocenters. The first-order valence-electron chi connectivity index (χ1n) is 8.52. The van der Waals surface area contributed by atoms with Crippen molar-refractivity contribution in [2.45, 2.75) is 39.0 Å². The van der Waals surface area contributed by atoms with Crippen LogP contribution in [0.2, 0.25) is 0 Å². The van der Waals surface area contributed by atoms with Crippen molar-refractivity contribution in [2.75, 3.05) is 36.5 Å². The van der Waals surface area contributed by atoms with Crippen LogP contribution in [0.25, 0.3) is 0 Å².